The minimum absolute atomic E-state index is 0.521. The van der Waals surface area contributed by atoms with Crippen LogP contribution in [0.5, 0.6) is 5.19 Å². The van der Waals surface area contributed by atoms with E-state index in [-0.39, 0.29) is 0 Å². The molecular weight excluding hydrogens is 170 g/mol. The van der Waals surface area contributed by atoms with Gasteiger partial charge in [0.05, 0.1) is 18.7 Å². The van der Waals surface area contributed by atoms with Crippen LogP contribution in [0.4, 0.5) is 0 Å². The Morgan fingerprint density at radius 2 is 2.40 bits per heavy atom. The van der Waals surface area contributed by atoms with Crippen molar-refractivity contribution in [1.29, 1.82) is 0 Å². The van der Waals surface area contributed by atoms with E-state index in [9.17, 15) is 0 Å². The largest absolute Gasteiger partial charge is 0.473 e. The summed E-state index contributed by atoms with van der Waals surface area (Å²) >= 11 is 7.11. The number of aryl methyl sites for hydroxylation is 1. The van der Waals surface area contributed by atoms with Crippen molar-refractivity contribution in [1.82, 2.24) is 4.98 Å². The maximum Gasteiger partial charge on any atom is 0.273 e. The van der Waals surface area contributed by atoms with E-state index < -0.39 is 0 Å². The molecule has 0 fully saturated rings. The van der Waals surface area contributed by atoms with Gasteiger partial charge in [-0.2, -0.15) is 0 Å². The second-order valence-electron chi connectivity index (χ2n) is 1.83. The number of thiazole rings is 1. The molecule has 0 radical (unpaired) electrons. The molecule has 1 heterocycles. The first-order chi connectivity index (χ1) is 4.77. The zero-order valence-electron chi connectivity index (χ0n) is 5.85. The molecule has 0 N–H and O–H groups in total. The first kappa shape index (κ1) is 7.82. The summed E-state index contributed by atoms with van der Waals surface area (Å²) in [6.45, 7) is 1.93. The first-order valence-corrected chi connectivity index (χ1v) is 4.19. The summed E-state index contributed by atoms with van der Waals surface area (Å²) in [7, 11) is 1.61. The van der Waals surface area contributed by atoms with Gasteiger partial charge in [0.2, 0.25) is 0 Å². The molecule has 0 spiro atoms. The molecule has 0 aliphatic heterocycles. The molecular formula is C6H8ClNOS. The van der Waals surface area contributed by atoms with Crippen LogP contribution in [0.1, 0.15) is 10.6 Å². The topological polar surface area (TPSA) is 22.1 Å². The van der Waals surface area contributed by atoms with Crippen LogP contribution in [0, 0.1) is 6.92 Å². The third kappa shape index (κ3) is 1.41. The number of nitrogens with zero attached hydrogens (tertiary/aromatic N) is 1. The SMILES string of the molecule is COc1nc(C)c(CCl)s1. The number of alkyl halides is 1. The van der Waals surface area contributed by atoms with E-state index in [1.807, 2.05) is 6.92 Å². The van der Waals surface area contributed by atoms with Gasteiger partial charge in [-0.05, 0) is 6.92 Å². The predicted molar refractivity (Wildman–Crippen MR) is 43.0 cm³/mol. The molecule has 0 saturated carbocycles. The van der Waals surface area contributed by atoms with Gasteiger partial charge in [-0.1, -0.05) is 11.3 Å². The summed E-state index contributed by atoms with van der Waals surface area (Å²) in [6.07, 6.45) is 0. The van der Waals surface area contributed by atoms with Crippen LogP contribution in [0.2, 0.25) is 0 Å². The lowest BCUT2D eigenvalue weighted by Gasteiger charge is -1.85. The van der Waals surface area contributed by atoms with Gasteiger partial charge in [0.1, 0.15) is 0 Å². The van der Waals surface area contributed by atoms with E-state index in [1.165, 1.54) is 11.3 Å². The molecule has 0 amide bonds. The molecule has 0 aliphatic rings. The number of ether oxygens (including phenoxy) is 1. The van der Waals surface area contributed by atoms with Gasteiger partial charge < -0.3 is 4.74 Å². The Bertz CT molecular complexity index is 224. The highest BCUT2D eigenvalue weighted by atomic mass is 35.5. The van der Waals surface area contributed by atoms with E-state index in [2.05, 4.69) is 4.98 Å². The minimum atomic E-state index is 0.521. The molecule has 1 rings (SSSR count). The summed E-state index contributed by atoms with van der Waals surface area (Å²) in [5.41, 5.74) is 0.969. The van der Waals surface area contributed by atoms with Gasteiger partial charge in [-0.15, -0.1) is 11.6 Å². The number of hydrogen-bond acceptors (Lipinski definition) is 3. The first-order valence-electron chi connectivity index (χ1n) is 2.84. The fraction of sp³-hybridized carbons (Fsp3) is 0.500. The van der Waals surface area contributed by atoms with Crippen molar-refractivity contribution in [3.63, 3.8) is 0 Å². The molecule has 0 bridgehead atoms. The van der Waals surface area contributed by atoms with Crippen LogP contribution in [-0.4, -0.2) is 12.1 Å². The Labute approximate surface area is 68.8 Å². The summed E-state index contributed by atoms with van der Waals surface area (Å²) in [5.74, 6) is 0.521. The van der Waals surface area contributed by atoms with Crippen LogP contribution >= 0.6 is 22.9 Å². The zero-order valence-corrected chi connectivity index (χ0v) is 7.42. The third-order valence-electron chi connectivity index (χ3n) is 1.17. The summed E-state index contributed by atoms with van der Waals surface area (Å²) in [4.78, 5) is 5.19. The lowest BCUT2D eigenvalue weighted by atomic mass is 10.4. The highest BCUT2D eigenvalue weighted by Gasteiger charge is 2.04. The Morgan fingerprint density at radius 1 is 1.70 bits per heavy atom. The van der Waals surface area contributed by atoms with E-state index in [0.717, 1.165) is 10.6 Å². The molecule has 10 heavy (non-hydrogen) atoms. The molecule has 2 nitrogen and oxygen atoms in total. The van der Waals surface area contributed by atoms with Gasteiger partial charge >= 0.3 is 0 Å². The maximum absolute atomic E-state index is 5.62. The quantitative estimate of drug-likeness (QED) is 0.647. The number of methoxy groups -OCH3 is 1. The van der Waals surface area contributed by atoms with Crippen LogP contribution in [0.3, 0.4) is 0 Å². The van der Waals surface area contributed by atoms with Crippen LogP contribution in [-0.2, 0) is 5.88 Å². The number of halogens is 1. The lowest BCUT2D eigenvalue weighted by Crippen LogP contribution is -1.80. The van der Waals surface area contributed by atoms with Crippen LogP contribution < -0.4 is 4.74 Å². The Balaban J connectivity index is 2.92. The second kappa shape index (κ2) is 3.21. The fourth-order valence-electron chi connectivity index (χ4n) is 0.613. The fourth-order valence-corrected chi connectivity index (χ4v) is 1.69. The van der Waals surface area contributed by atoms with E-state index >= 15 is 0 Å². The standard InChI is InChI=1S/C6H8ClNOS/c1-4-5(3-7)10-6(8-4)9-2/h3H2,1-2H3. The van der Waals surface area contributed by atoms with Crippen molar-refractivity contribution >= 4 is 22.9 Å². The van der Waals surface area contributed by atoms with Crippen molar-refractivity contribution in [2.45, 2.75) is 12.8 Å². The Hall–Kier alpha value is -0.280. The van der Waals surface area contributed by atoms with Gasteiger partial charge in [0.15, 0.2) is 0 Å². The van der Waals surface area contributed by atoms with Crippen molar-refractivity contribution in [2.75, 3.05) is 7.11 Å². The Morgan fingerprint density at radius 3 is 2.70 bits per heavy atom. The van der Waals surface area contributed by atoms with Crippen molar-refractivity contribution in [3.8, 4) is 5.19 Å². The van der Waals surface area contributed by atoms with Gasteiger partial charge in [-0.3, -0.25) is 0 Å². The molecule has 1 aromatic rings. The minimum Gasteiger partial charge on any atom is -0.473 e. The van der Waals surface area contributed by atoms with E-state index in [0.29, 0.717) is 11.1 Å². The van der Waals surface area contributed by atoms with Crippen LogP contribution in [0.25, 0.3) is 0 Å². The maximum atomic E-state index is 5.62. The summed E-state index contributed by atoms with van der Waals surface area (Å²) in [6, 6.07) is 0. The monoisotopic (exact) mass is 177 g/mol. The molecule has 1 aromatic heterocycles. The Kier molecular flexibility index (Phi) is 2.51. The predicted octanol–water partition coefficient (Wildman–Crippen LogP) is 2.20. The highest BCUT2D eigenvalue weighted by molar-refractivity contribution is 7.13. The second-order valence-corrected chi connectivity index (χ2v) is 3.14. The van der Waals surface area contributed by atoms with E-state index in [4.69, 9.17) is 16.3 Å². The molecule has 0 saturated heterocycles. The zero-order chi connectivity index (χ0) is 7.56. The van der Waals surface area contributed by atoms with E-state index in [1.54, 1.807) is 7.11 Å². The number of hydrogen-bond donors (Lipinski definition) is 0. The lowest BCUT2D eigenvalue weighted by molar-refractivity contribution is 0.411. The normalized spacial score (nSPS) is 9.90. The molecule has 4 heteroatoms. The number of aromatic nitrogens is 1. The van der Waals surface area contributed by atoms with Gasteiger partial charge in [0, 0.05) is 4.88 Å². The average Bonchev–Trinajstić information content (AvgIpc) is 2.30. The molecule has 0 unspecified atom stereocenters. The smallest absolute Gasteiger partial charge is 0.273 e. The molecule has 0 atom stereocenters. The third-order valence-corrected chi connectivity index (χ3v) is 2.71. The van der Waals surface area contributed by atoms with Gasteiger partial charge in [0.25, 0.3) is 5.19 Å². The summed E-state index contributed by atoms with van der Waals surface area (Å²) < 4.78 is 4.93. The molecule has 0 aliphatic carbocycles. The average molecular weight is 178 g/mol. The van der Waals surface area contributed by atoms with Crippen molar-refractivity contribution < 1.29 is 4.74 Å². The van der Waals surface area contributed by atoms with Crippen LogP contribution in [0.15, 0.2) is 0 Å². The molecule has 56 valence electrons. The van der Waals surface area contributed by atoms with Crippen molar-refractivity contribution in [3.05, 3.63) is 10.6 Å². The number of rotatable bonds is 2. The van der Waals surface area contributed by atoms with Crippen molar-refractivity contribution in [2.24, 2.45) is 0 Å². The van der Waals surface area contributed by atoms with Gasteiger partial charge in [-0.25, -0.2) is 4.98 Å². The molecule has 0 aromatic carbocycles. The highest BCUT2D eigenvalue weighted by Crippen LogP contribution is 2.25. The summed E-state index contributed by atoms with van der Waals surface area (Å²) in [5, 5.41) is 0.688.